The highest BCUT2D eigenvalue weighted by Gasteiger charge is 2.39. The highest BCUT2D eigenvalue weighted by Crippen LogP contribution is 2.21. The molecule has 3 amide bonds. The van der Waals surface area contributed by atoms with Gasteiger partial charge in [-0.3, -0.25) is 14.4 Å². The van der Waals surface area contributed by atoms with E-state index >= 15 is 0 Å². The van der Waals surface area contributed by atoms with Gasteiger partial charge in [0.25, 0.3) is 0 Å². The van der Waals surface area contributed by atoms with Crippen molar-refractivity contribution in [2.75, 3.05) is 25.1 Å². The number of hydrogen-bond donors (Lipinski definition) is 6. The van der Waals surface area contributed by atoms with Crippen molar-refractivity contribution in [3.8, 4) is 5.75 Å². The van der Waals surface area contributed by atoms with Crippen LogP contribution in [-0.4, -0.2) is 88.1 Å². The average molecular weight is 538 g/mol. The molecule has 4 atom stereocenters. The number of aliphatic carboxylic acids is 1. The molecule has 206 valence electrons. The summed E-state index contributed by atoms with van der Waals surface area (Å²) in [6.07, 6.45) is 5.20. The first-order valence-corrected chi connectivity index (χ1v) is 13.9. The van der Waals surface area contributed by atoms with Crippen molar-refractivity contribution in [1.29, 1.82) is 0 Å². The van der Waals surface area contributed by atoms with Gasteiger partial charge in [0.2, 0.25) is 17.7 Å². The third-order valence-corrected chi connectivity index (χ3v) is 7.00. The number of carbonyl (C=O) groups is 4. The first-order chi connectivity index (χ1) is 17.7. The maximum Gasteiger partial charge on any atom is 0.326 e. The van der Waals surface area contributed by atoms with Gasteiger partial charge in [-0.2, -0.15) is 11.8 Å². The number of amides is 3. The van der Waals surface area contributed by atoms with Crippen molar-refractivity contribution < 1.29 is 29.4 Å². The second-order valence-corrected chi connectivity index (χ2v) is 10.2. The first-order valence-electron chi connectivity index (χ1n) is 12.5. The second kappa shape index (κ2) is 15.4. The summed E-state index contributed by atoms with van der Waals surface area (Å²) >= 11 is 1.54. The Balaban J connectivity index is 2.07. The summed E-state index contributed by atoms with van der Waals surface area (Å²) in [6.45, 7) is 0.847. The van der Waals surface area contributed by atoms with Crippen molar-refractivity contribution in [1.82, 2.24) is 15.5 Å². The van der Waals surface area contributed by atoms with E-state index in [2.05, 4.69) is 10.6 Å². The van der Waals surface area contributed by atoms with Crippen LogP contribution in [0.5, 0.6) is 5.75 Å². The molecule has 2 rings (SSSR count). The van der Waals surface area contributed by atoms with Crippen LogP contribution in [-0.2, 0) is 25.6 Å². The van der Waals surface area contributed by atoms with Crippen molar-refractivity contribution in [3.63, 3.8) is 0 Å². The molecular weight excluding hydrogens is 498 g/mol. The molecule has 1 heterocycles. The van der Waals surface area contributed by atoms with Crippen LogP contribution < -0.4 is 22.1 Å². The smallest absolute Gasteiger partial charge is 0.326 e. The highest BCUT2D eigenvalue weighted by atomic mass is 32.2. The van der Waals surface area contributed by atoms with E-state index in [4.69, 9.17) is 11.5 Å². The zero-order chi connectivity index (χ0) is 27.4. The molecule has 1 aromatic carbocycles. The molecule has 12 heteroatoms. The van der Waals surface area contributed by atoms with Crippen molar-refractivity contribution in [2.24, 2.45) is 11.5 Å². The number of hydrogen-bond acceptors (Lipinski definition) is 8. The number of nitrogens with two attached hydrogens (primary N) is 2. The van der Waals surface area contributed by atoms with Gasteiger partial charge in [0.1, 0.15) is 23.9 Å². The Morgan fingerprint density at radius 2 is 1.81 bits per heavy atom. The quantitative estimate of drug-likeness (QED) is 0.170. The number of carbonyl (C=O) groups excluding carboxylic acids is 3. The number of nitrogens with one attached hydrogen (secondary N) is 2. The van der Waals surface area contributed by atoms with Crippen LogP contribution in [0.3, 0.4) is 0 Å². The van der Waals surface area contributed by atoms with Crippen LogP contribution in [0.4, 0.5) is 0 Å². The number of thioether (sulfide) groups is 1. The van der Waals surface area contributed by atoms with Crippen molar-refractivity contribution in [2.45, 2.75) is 69.1 Å². The number of phenols is 1. The van der Waals surface area contributed by atoms with E-state index in [0.29, 0.717) is 56.5 Å². The van der Waals surface area contributed by atoms with Gasteiger partial charge < -0.3 is 37.2 Å². The molecule has 0 aliphatic carbocycles. The Labute approximate surface area is 221 Å². The summed E-state index contributed by atoms with van der Waals surface area (Å²) in [4.78, 5) is 52.5. The van der Waals surface area contributed by atoms with E-state index in [-0.39, 0.29) is 18.1 Å². The van der Waals surface area contributed by atoms with Gasteiger partial charge >= 0.3 is 5.97 Å². The lowest BCUT2D eigenvalue weighted by molar-refractivity contribution is -0.145. The van der Waals surface area contributed by atoms with Crippen LogP contribution in [0.1, 0.15) is 44.1 Å². The number of benzene rings is 1. The standard InChI is InChI=1S/C25H39N5O6S/c1-37-14-11-19(28-22(32)18(27)5-2-3-12-26)24(34)30-13-4-6-21(30)23(33)29-20(25(35)36)15-16-7-9-17(31)10-8-16/h7-10,18-21,31H,2-6,11-15,26-27H2,1H3,(H,28,32)(H,29,33)(H,35,36). The molecule has 1 aromatic rings. The van der Waals surface area contributed by atoms with Crippen molar-refractivity contribution >= 4 is 35.5 Å². The number of aromatic hydroxyl groups is 1. The van der Waals surface area contributed by atoms with E-state index in [1.807, 2.05) is 6.26 Å². The second-order valence-electron chi connectivity index (χ2n) is 9.19. The van der Waals surface area contributed by atoms with Gasteiger partial charge in [0, 0.05) is 13.0 Å². The van der Waals surface area contributed by atoms with Crippen LogP contribution in [0.25, 0.3) is 0 Å². The molecule has 37 heavy (non-hydrogen) atoms. The Bertz CT molecular complexity index is 915. The first kappa shape index (κ1) is 30.4. The average Bonchev–Trinajstić information content (AvgIpc) is 3.37. The van der Waals surface area contributed by atoms with Crippen LogP contribution in [0.2, 0.25) is 0 Å². The Kier molecular flexibility index (Phi) is 12.7. The molecule has 0 bridgehead atoms. The van der Waals surface area contributed by atoms with E-state index in [0.717, 1.165) is 6.42 Å². The van der Waals surface area contributed by atoms with E-state index < -0.39 is 42.0 Å². The molecule has 11 nitrogen and oxygen atoms in total. The normalized spacial score (nSPS) is 17.6. The predicted molar refractivity (Wildman–Crippen MR) is 142 cm³/mol. The molecule has 0 aromatic heterocycles. The monoisotopic (exact) mass is 537 g/mol. The summed E-state index contributed by atoms with van der Waals surface area (Å²) in [5.41, 5.74) is 12.1. The molecule has 0 radical (unpaired) electrons. The largest absolute Gasteiger partial charge is 0.508 e. The topological polar surface area (TPSA) is 188 Å². The summed E-state index contributed by atoms with van der Waals surface area (Å²) in [7, 11) is 0. The third-order valence-electron chi connectivity index (χ3n) is 6.36. The van der Waals surface area contributed by atoms with E-state index in [9.17, 15) is 29.4 Å². The van der Waals surface area contributed by atoms with Crippen molar-refractivity contribution in [3.05, 3.63) is 29.8 Å². The maximum absolute atomic E-state index is 13.5. The van der Waals surface area contributed by atoms with Crippen LogP contribution in [0.15, 0.2) is 24.3 Å². The molecule has 1 fully saturated rings. The lowest BCUT2D eigenvalue weighted by Gasteiger charge is -2.30. The van der Waals surface area contributed by atoms with Crippen LogP contribution in [0, 0.1) is 0 Å². The molecule has 0 saturated carbocycles. The molecule has 8 N–H and O–H groups in total. The molecule has 1 aliphatic rings. The lowest BCUT2D eigenvalue weighted by Crippen LogP contribution is -2.57. The number of carboxylic acid groups (broad SMARTS) is 1. The lowest BCUT2D eigenvalue weighted by atomic mass is 10.0. The minimum atomic E-state index is -1.20. The Morgan fingerprint density at radius 3 is 2.43 bits per heavy atom. The summed E-state index contributed by atoms with van der Waals surface area (Å²) < 4.78 is 0. The third kappa shape index (κ3) is 9.52. The fourth-order valence-corrected chi connectivity index (χ4v) is 4.72. The highest BCUT2D eigenvalue weighted by molar-refractivity contribution is 7.98. The summed E-state index contributed by atoms with van der Waals surface area (Å²) in [5, 5.41) is 24.4. The summed E-state index contributed by atoms with van der Waals surface area (Å²) in [6, 6.07) is 2.44. The van der Waals surface area contributed by atoms with Gasteiger partial charge in [-0.1, -0.05) is 18.6 Å². The fraction of sp³-hybridized carbons (Fsp3) is 0.600. The van der Waals surface area contributed by atoms with Gasteiger partial charge in [0.15, 0.2) is 0 Å². The number of rotatable bonds is 15. The molecule has 4 unspecified atom stereocenters. The van der Waals surface area contributed by atoms with E-state index in [1.54, 1.807) is 12.1 Å². The molecule has 1 aliphatic heterocycles. The minimum Gasteiger partial charge on any atom is -0.508 e. The zero-order valence-electron chi connectivity index (χ0n) is 21.2. The number of unbranched alkanes of at least 4 members (excludes halogenated alkanes) is 1. The van der Waals surface area contributed by atoms with Crippen LogP contribution >= 0.6 is 11.8 Å². The Hall–Kier alpha value is -2.83. The van der Waals surface area contributed by atoms with Gasteiger partial charge in [0.05, 0.1) is 6.04 Å². The SMILES string of the molecule is CSCCC(NC(=O)C(N)CCCCN)C(=O)N1CCCC1C(=O)NC(Cc1ccc(O)cc1)C(=O)O. The molecule has 0 spiro atoms. The summed E-state index contributed by atoms with van der Waals surface area (Å²) in [5.74, 6) is -1.87. The van der Waals surface area contributed by atoms with Gasteiger partial charge in [-0.15, -0.1) is 0 Å². The number of likely N-dealkylation sites (tertiary alicyclic amines) is 1. The molecular formula is C25H39N5O6S. The molecule has 1 saturated heterocycles. The maximum atomic E-state index is 13.5. The number of phenolic OH excluding ortho intramolecular Hbond substituents is 1. The van der Waals surface area contributed by atoms with E-state index in [1.165, 1.54) is 28.8 Å². The fourth-order valence-electron chi connectivity index (χ4n) is 4.25. The predicted octanol–water partition coefficient (Wildman–Crippen LogP) is 0.189. The number of nitrogens with zero attached hydrogens (tertiary/aromatic N) is 1. The zero-order valence-corrected chi connectivity index (χ0v) is 22.0. The van der Waals surface area contributed by atoms with Gasteiger partial charge in [-0.25, -0.2) is 4.79 Å². The minimum absolute atomic E-state index is 0.0243. The van der Waals surface area contributed by atoms with Gasteiger partial charge in [-0.05, 0) is 68.4 Å². The Morgan fingerprint density at radius 1 is 1.11 bits per heavy atom. The number of carboxylic acids is 1.